The first-order chi connectivity index (χ1) is 15.9. The summed E-state index contributed by atoms with van der Waals surface area (Å²) >= 11 is 1.39. The largest absolute Gasteiger partial charge is 0.494 e. The lowest BCUT2D eigenvalue weighted by Crippen LogP contribution is -2.31. The number of ether oxygens (including phenoxy) is 1. The zero-order valence-corrected chi connectivity index (χ0v) is 18.8. The molecule has 2 aromatic carbocycles. The van der Waals surface area contributed by atoms with E-state index in [1.807, 2.05) is 31.2 Å². The first-order valence-corrected chi connectivity index (χ1v) is 11.2. The fourth-order valence-corrected chi connectivity index (χ4v) is 4.38. The van der Waals surface area contributed by atoms with Crippen LogP contribution in [-0.2, 0) is 10.5 Å². The summed E-state index contributed by atoms with van der Waals surface area (Å²) in [6.07, 6.45) is 0. The molecule has 1 aromatic heterocycles. The third-order valence-electron chi connectivity index (χ3n) is 5.12. The highest BCUT2D eigenvalue weighted by molar-refractivity contribution is 7.98. The number of thioether (sulfide) groups is 1. The third-order valence-corrected chi connectivity index (χ3v) is 6.03. The number of fused-ring (bicyclic) bond motifs is 1. The van der Waals surface area contributed by atoms with Crippen molar-refractivity contribution in [1.29, 1.82) is 0 Å². The maximum atomic E-state index is 12.3. The van der Waals surface area contributed by atoms with Gasteiger partial charge in [0.05, 0.1) is 17.1 Å². The van der Waals surface area contributed by atoms with E-state index in [9.17, 15) is 14.9 Å². The van der Waals surface area contributed by atoms with Gasteiger partial charge in [-0.15, -0.1) is 5.10 Å². The van der Waals surface area contributed by atoms with Gasteiger partial charge in [0.15, 0.2) is 0 Å². The highest BCUT2D eigenvalue weighted by Gasteiger charge is 2.33. The second-order valence-corrected chi connectivity index (χ2v) is 8.25. The Morgan fingerprint density at radius 3 is 2.55 bits per heavy atom. The summed E-state index contributed by atoms with van der Waals surface area (Å²) < 4.78 is 7.17. The van der Waals surface area contributed by atoms with Crippen LogP contribution in [0.4, 0.5) is 11.6 Å². The Kier molecular flexibility index (Phi) is 6.31. The molecule has 33 heavy (non-hydrogen) atoms. The van der Waals surface area contributed by atoms with Gasteiger partial charge < -0.3 is 15.8 Å². The van der Waals surface area contributed by atoms with E-state index in [1.54, 1.807) is 23.7 Å². The number of anilines is 1. The molecule has 10 nitrogen and oxygen atoms in total. The molecule has 0 saturated heterocycles. The number of non-ortho nitro benzene ring substituents is 1. The second kappa shape index (κ2) is 9.33. The molecule has 1 aliphatic heterocycles. The number of allylic oxidation sites excluding steroid dienone is 1. The Labute approximate surface area is 194 Å². The fraction of sp³-hybridized carbons (Fsp3) is 0.227. The molecular weight excluding hydrogens is 444 g/mol. The topological polar surface area (TPSA) is 138 Å². The highest BCUT2D eigenvalue weighted by Crippen LogP contribution is 2.36. The number of hydrogen-bond acceptors (Lipinski definition) is 8. The molecule has 0 aliphatic carbocycles. The van der Waals surface area contributed by atoms with Gasteiger partial charge in [-0.3, -0.25) is 14.9 Å². The fourth-order valence-electron chi connectivity index (χ4n) is 3.59. The van der Waals surface area contributed by atoms with Crippen molar-refractivity contribution < 1.29 is 14.5 Å². The van der Waals surface area contributed by atoms with E-state index in [4.69, 9.17) is 10.5 Å². The molecule has 1 unspecified atom stereocenters. The highest BCUT2D eigenvalue weighted by atomic mass is 32.2. The Morgan fingerprint density at radius 2 is 1.94 bits per heavy atom. The first kappa shape index (κ1) is 22.3. The van der Waals surface area contributed by atoms with Gasteiger partial charge in [-0.05, 0) is 37.1 Å². The minimum Gasteiger partial charge on any atom is -0.494 e. The number of primary amides is 1. The van der Waals surface area contributed by atoms with Gasteiger partial charge in [-0.25, -0.2) is 4.68 Å². The zero-order valence-electron chi connectivity index (χ0n) is 18.0. The number of amides is 1. The van der Waals surface area contributed by atoms with Crippen LogP contribution in [0.25, 0.3) is 0 Å². The molecule has 3 N–H and O–H groups in total. The Morgan fingerprint density at radius 1 is 1.24 bits per heavy atom. The number of nitrogens with zero attached hydrogens (tertiary/aromatic N) is 4. The quantitative estimate of drug-likeness (QED) is 0.291. The number of hydrogen-bond donors (Lipinski definition) is 2. The summed E-state index contributed by atoms with van der Waals surface area (Å²) in [4.78, 5) is 27.3. The van der Waals surface area contributed by atoms with Gasteiger partial charge >= 0.3 is 0 Å². The predicted octanol–water partition coefficient (Wildman–Crippen LogP) is 3.65. The van der Waals surface area contributed by atoms with Crippen LogP contribution in [0.3, 0.4) is 0 Å². The normalized spacial score (nSPS) is 15.0. The van der Waals surface area contributed by atoms with Crippen molar-refractivity contribution in [3.63, 3.8) is 0 Å². The number of nitrogens with one attached hydrogen (secondary N) is 1. The Balaban J connectivity index is 1.61. The molecule has 0 bridgehead atoms. The molecule has 170 valence electrons. The monoisotopic (exact) mass is 466 g/mol. The van der Waals surface area contributed by atoms with Crippen LogP contribution in [0.1, 0.15) is 31.0 Å². The van der Waals surface area contributed by atoms with Crippen molar-refractivity contribution in [2.75, 3.05) is 11.9 Å². The van der Waals surface area contributed by atoms with E-state index in [0.717, 1.165) is 16.9 Å². The van der Waals surface area contributed by atoms with Gasteiger partial charge in [-0.1, -0.05) is 36.0 Å². The van der Waals surface area contributed by atoms with Crippen molar-refractivity contribution in [1.82, 2.24) is 14.8 Å². The van der Waals surface area contributed by atoms with E-state index < -0.39 is 16.9 Å². The molecule has 1 amide bonds. The van der Waals surface area contributed by atoms with Gasteiger partial charge in [0.25, 0.3) is 5.69 Å². The number of nitro groups is 1. The lowest BCUT2D eigenvalue weighted by atomic mass is 9.95. The number of rotatable bonds is 8. The molecule has 3 aromatic rings. The van der Waals surface area contributed by atoms with Crippen molar-refractivity contribution >= 4 is 29.3 Å². The minimum absolute atomic E-state index is 0.0438. The van der Waals surface area contributed by atoms with Crippen LogP contribution in [0, 0.1) is 10.1 Å². The SMILES string of the molecule is CCOc1ccc(C2C(C(N)=O)=C(C)Nc3nc(SCc4ccc([N+](=O)[O-])cc4)nn32)cc1. The maximum absolute atomic E-state index is 12.3. The van der Waals surface area contributed by atoms with E-state index >= 15 is 0 Å². The van der Waals surface area contributed by atoms with E-state index in [2.05, 4.69) is 15.4 Å². The zero-order chi connectivity index (χ0) is 23.5. The second-order valence-electron chi connectivity index (χ2n) is 7.31. The smallest absolute Gasteiger partial charge is 0.269 e. The number of aromatic nitrogens is 3. The van der Waals surface area contributed by atoms with Crippen LogP contribution >= 0.6 is 11.8 Å². The average molecular weight is 467 g/mol. The Bertz CT molecular complexity index is 1220. The number of nitro benzene ring substituents is 1. The van der Waals surface area contributed by atoms with Crippen molar-refractivity contribution in [3.05, 3.63) is 81.0 Å². The molecule has 11 heteroatoms. The van der Waals surface area contributed by atoms with Crippen LogP contribution in [0.5, 0.6) is 5.75 Å². The predicted molar refractivity (Wildman–Crippen MR) is 124 cm³/mol. The van der Waals surface area contributed by atoms with Crippen molar-refractivity contribution in [3.8, 4) is 5.75 Å². The van der Waals surface area contributed by atoms with E-state index in [0.29, 0.717) is 34.7 Å². The number of carbonyl (C=O) groups is 1. The average Bonchev–Trinajstić information content (AvgIpc) is 3.20. The lowest BCUT2D eigenvalue weighted by Gasteiger charge is -2.27. The molecule has 1 aliphatic rings. The molecule has 0 fully saturated rings. The van der Waals surface area contributed by atoms with Gasteiger partial charge in [0.2, 0.25) is 17.0 Å². The van der Waals surface area contributed by atoms with Crippen LogP contribution in [-0.4, -0.2) is 32.2 Å². The minimum atomic E-state index is -0.542. The summed E-state index contributed by atoms with van der Waals surface area (Å²) in [5, 5.41) is 19.1. The van der Waals surface area contributed by atoms with Crippen LogP contribution in [0.2, 0.25) is 0 Å². The van der Waals surface area contributed by atoms with Crippen molar-refractivity contribution in [2.45, 2.75) is 30.8 Å². The number of benzene rings is 2. The molecule has 0 saturated carbocycles. The number of carbonyl (C=O) groups excluding carboxylic acids is 1. The van der Waals surface area contributed by atoms with Crippen LogP contribution in [0.15, 0.2) is 65.0 Å². The number of nitrogens with two attached hydrogens (primary N) is 1. The Hall–Kier alpha value is -3.86. The summed E-state index contributed by atoms with van der Waals surface area (Å²) in [5.74, 6) is 1.22. The molecule has 0 radical (unpaired) electrons. The van der Waals surface area contributed by atoms with E-state index in [1.165, 1.54) is 23.9 Å². The molecule has 4 rings (SSSR count). The molecular formula is C22H22N6O4S. The van der Waals surface area contributed by atoms with Gasteiger partial charge in [0.1, 0.15) is 11.8 Å². The summed E-state index contributed by atoms with van der Waals surface area (Å²) in [7, 11) is 0. The summed E-state index contributed by atoms with van der Waals surface area (Å²) in [6.45, 7) is 4.25. The van der Waals surface area contributed by atoms with Crippen LogP contribution < -0.4 is 15.8 Å². The van der Waals surface area contributed by atoms with Crippen molar-refractivity contribution in [2.24, 2.45) is 5.73 Å². The molecule has 1 atom stereocenters. The third kappa shape index (κ3) is 4.67. The summed E-state index contributed by atoms with van der Waals surface area (Å²) in [6, 6.07) is 13.3. The first-order valence-electron chi connectivity index (χ1n) is 10.2. The van der Waals surface area contributed by atoms with Gasteiger partial charge in [0, 0.05) is 23.6 Å². The molecule has 2 heterocycles. The standard InChI is InChI=1S/C22H22N6O4S/c1-3-32-17-10-6-15(7-11-17)19-18(20(23)29)13(2)24-21-25-22(26-27(19)21)33-12-14-4-8-16(9-5-14)28(30)31/h4-11,19H,3,12H2,1-2H3,(H2,23,29)(H,24,25,26). The lowest BCUT2D eigenvalue weighted by molar-refractivity contribution is -0.384. The van der Waals surface area contributed by atoms with Gasteiger partial charge in [-0.2, -0.15) is 4.98 Å². The maximum Gasteiger partial charge on any atom is 0.269 e. The van der Waals surface area contributed by atoms with E-state index in [-0.39, 0.29) is 5.69 Å². The molecule has 0 spiro atoms. The summed E-state index contributed by atoms with van der Waals surface area (Å²) in [5.41, 5.74) is 8.52.